The minimum Gasteiger partial charge on any atom is -0.462 e. The van der Waals surface area contributed by atoms with E-state index in [1.54, 1.807) is 0 Å². The summed E-state index contributed by atoms with van der Waals surface area (Å²) in [6, 6.07) is 41.1. The van der Waals surface area contributed by atoms with Gasteiger partial charge in [0.1, 0.15) is 6.10 Å². The van der Waals surface area contributed by atoms with Crippen molar-refractivity contribution >= 4 is 5.97 Å². The Morgan fingerprint density at radius 3 is 1.84 bits per heavy atom. The van der Waals surface area contributed by atoms with E-state index in [1.165, 1.54) is 34.2 Å². The Hall–Kier alpha value is -3.69. The average molecular weight is 588 g/mol. The molecule has 3 nitrogen and oxygen atoms in total. The highest BCUT2D eigenvalue weighted by atomic mass is 16.5. The first-order chi connectivity index (χ1) is 21.4. The molecule has 1 saturated carbocycles. The van der Waals surface area contributed by atoms with Crippen LogP contribution in [0.3, 0.4) is 0 Å². The Kier molecular flexibility index (Phi) is 11.4. The summed E-state index contributed by atoms with van der Waals surface area (Å²) in [7, 11) is 0. The van der Waals surface area contributed by atoms with Gasteiger partial charge in [-0.3, -0.25) is 9.69 Å². The van der Waals surface area contributed by atoms with Gasteiger partial charge in [-0.15, -0.1) is 0 Å². The Morgan fingerprint density at radius 2 is 1.27 bits per heavy atom. The monoisotopic (exact) mass is 587 g/mol. The highest BCUT2D eigenvalue weighted by Crippen LogP contribution is 2.35. The molecule has 4 aromatic carbocycles. The molecule has 5 rings (SSSR count). The molecule has 1 aliphatic carbocycles. The second-order valence-electron chi connectivity index (χ2n) is 13.2. The number of esters is 1. The molecule has 0 aliphatic heterocycles. The normalized spacial score (nSPS) is 19.2. The van der Waals surface area contributed by atoms with Crippen LogP contribution in [0.5, 0.6) is 0 Å². The van der Waals surface area contributed by atoms with Crippen molar-refractivity contribution in [1.29, 1.82) is 0 Å². The van der Waals surface area contributed by atoms with Crippen LogP contribution < -0.4 is 0 Å². The molecule has 0 amide bonds. The van der Waals surface area contributed by atoms with E-state index in [0.717, 1.165) is 38.8 Å². The Labute approximate surface area is 265 Å². The van der Waals surface area contributed by atoms with E-state index in [4.69, 9.17) is 4.74 Å². The van der Waals surface area contributed by atoms with Crippen LogP contribution in [0.15, 0.2) is 115 Å². The van der Waals surface area contributed by atoms with Gasteiger partial charge < -0.3 is 4.74 Å². The van der Waals surface area contributed by atoms with Crippen molar-refractivity contribution in [3.63, 3.8) is 0 Å². The quantitative estimate of drug-likeness (QED) is 0.146. The zero-order chi connectivity index (χ0) is 30.7. The fourth-order valence-corrected chi connectivity index (χ4v) is 6.86. The summed E-state index contributed by atoms with van der Waals surface area (Å²) in [4.78, 5) is 16.0. The maximum Gasteiger partial charge on any atom is 0.306 e. The van der Waals surface area contributed by atoms with Gasteiger partial charge in [-0.2, -0.15) is 0 Å². The van der Waals surface area contributed by atoms with E-state index in [1.807, 2.05) is 0 Å². The number of benzene rings is 4. The van der Waals surface area contributed by atoms with Crippen LogP contribution in [-0.4, -0.2) is 23.0 Å². The minimum absolute atomic E-state index is 0.0416. The van der Waals surface area contributed by atoms with Crippen molar-refractivity contribution in [3.8, 4) is 11.1 Å². The predicted molar refractivity (Wildman–Crippen MR) is 182 cm³/mol. The second-order valence-corrected chi connectivity index (χ2v) is 13.2. The van der Waals surface area contributed by atoms with Gasteiger partial charge >= 0.3 is 5.97 Å². The van der Waals surface area contributed by atoms with Crippen molar-refractivity contribution in [2.75, 3.05) is 0 Å². The van der Waals surface area contributed by atoms with Crippen molar-refractivity contribution in [2.45, 2.75) is 84.5 Å². The number of rotatable bonds is 13. The third-order valence-corrected chi connectivity index (χ3v) is 9.43. The van der Waals surface area contributed by atoms with E-state index in [2.05, 4.69) is 141 Å². The summed E-state index contributed by atoms with van der Waals surface area (Å²) in [5.74, 6) is 1.56. The summed E-state index contributed by atoms with van der Waals surface area (Å²) < 4.78 is 6.26. The smallest absolute Gasteiger partial charge is 0.306 e. The zero-order valence-electron chi connectivity index (χ0n) is 26.8. The summed E-state index contributed by atoms with van der Waals surface area (Å²) in [5, 5.41) is 0. The topological polar surface area (TPSA) is 29.5 Å². The zero-order valence-corrected chi connectivity index (χ0v) is 26.8. The van der Waals surface area contributed by atoms with Gasteiger partial charge in [0.05, 0.1) is 0 Å². The minimum atomic E-state index is -0.0430. The summed E-state index contributed by atoms with van der Waals surface area (Å²) in [6.45, 7) is 8.49. The second kappa shape index (κ2) is 15.9. The standard InChI is InChI=1S/C41H49NO2/c1-31(2)39-25-19-32(3)27-40(39)44-41(43)26-24-38(28-33-20-22-37(23-21-33)36-17-11-6-12-18-36)42(29-34-13-7-4-8-14-34)30-35-15-9-5-10-16-35/h4-18,20-23,31-32,38-40H,19,24-30H2,1-3H3/t32-,38-,39+,40-/m0/s1. The molecule has 0 radical (unpaired) electrons. The van der Waals surface area contributed by atoms with Gasteiger partial charge in [-0.1, -0.05) is 142 Å². The van der Waals surface area contributed by atoms with Crippen LogP contribution >= 0.6 is 0 Å². The number of hydrogen-bond acceptors (Lipinski definition) is 3. The largest absolute Gasteiger partial charge is 0.462 e. The van der Waals surface area contributed by atoms with Crippen LogP contribution in [0, 0.1) is 17.8 Å². The molecule has 0 N–H and O–H groups in total. The summed E-state index contributed by atoms with van der Waals surface area (Å²) in [6.07, 6.45) is 5.48. The molecule has 0 spiro atoms. The number of ether oxygens (including phenoxy) is 1. The molecule has 4 atom stereocenters. The number of carbonyl (C=O) groups is 1. The van der Waals surface area contributed by atoms with Crippen molar-refractivity contribution < 1.29 is 9.53 Å². The lowest BCUT2D eigenvalue weighted by Crippen LogP contribution is -2.38. The van der Waals surface area contributed by atoms with Crippen LogP contribution in [0.2, 0.25) is 0 Å². The molecule has 0 bridgehead atoms. The van der Waals surface area contributed by atoms with E-state index in [9.17, 15) is 4.79 Å². The first kappa shape index (κ1) is 31.7. The summed E-state index contributed by atoms with van der Waals surface area (Å²) >= 11 is 0. The van der Waals surface area contributed by atoms with Gasteiger partial charge in [-0.25, -0.2) is 0 Å². The van der Waals surface area contributed by atoms with Gasteiger partial charge in [0.25, 0.3) is 0 Å². The highest BCUT2D eigenvalue weighted by molar-refractivity contribution is 5.69. The lowest BCUT2D eigenvalue weighted by molar-refractivity contribution is -0.156. The Bertz CT molecular complexity index is 1360. The van der Waals surface area contributed by atoms with Gasteiger partial charge in [0, 0.05) is 25.6 Å². The Balaban J connectivity index is 1.36. The highest BCUT2D eigenvalue weighted by Gasteiger charge is 2.33. The number of nitrogens with zero attached hydrogens (tertiary/aromatic N) is 1. The number of carbonyl (C=O) groups excluding carboxylic acids is 1. The van der Waals surface area contributed by atoms with Crippen molar-refractivity contribution in [3.05, 3.63) is 132 Å². The lowest BCUT2D eigenvalue weighted by atomic mass is 9.75. The predicted octanol–water partition coefficient (Wildman–Crippen LogP) is 9.75. The molecular formula is C41H49NO2. The molecule has 0 aromatic heterocycles. The third kappa shape index (κ3) is 9.16. The van der Waals surface area contributed by atoms with E-state index in [0.29, 0.717) is 24.2 Å². The first-order valence-corrected chi connectivity index (χ1v) is 16.6. The maximum atomic E-state index is 13.4. The Morgan fingerprint density at radius 1 is 0.727 bits per heavy atom. The average Bonchev–Trinajstić information content (AvgIpc) is 3.04. The molecule has 1 fully saturated rings. The molecular weight excluding hydrogens is 538 g/mol. The molecule has 0 unspecified atom stereocenters. The molecule has 1 aliphatic rings. The molecule has 3 heteroatoms. The van der Waals surface area contributed by atoms with E-state index >= 15 is 0 Å². The lowest BCUT2D eigenvalue weighted by Gasteiger charge is -2.37. The summed E-state index contributed by atoms with van der Waals surface area (Å²) in [5.41, 5.74) is 6.30. The van der Waals surface area contributed by atoms with Crippen molar-refractivity contribution in [2.24, 2.45) is 17.8 Å². The number of hydrogen-bond donors (Lipinski definition) is 0. The van der Waals surface area contributed by atoms with Crippen LogP contribution in [0.4, 0.5) is 0 Å². The molecule has 44 heavy (non-hydrogen) atoms. The molecule has 0 heterocycles. The molecule has 4 aromatic rings. The van der Waals surface area contributed by atoms with E-state index in [-0.39, 0.29) is 18.1 Å². The SMILES string of the molecule is CC(C)[C@H]1CC[C@H](C)C[C@@H]1OC(=O)CC[C@@H](Cc1ccc(-c2ccccc2)cc1)N(Cc1ccccc1)Cc1ccccc1. The molecule has 0 saturated heterocycles. The molecule has 230 valence electrons. The van der Waals surface area contributed by atoms with Crippen LogP contribution in [-0.2, 0) is 29.0 Å². The van der Waals surface area contributed by atoms with Gasteiger partial charge in [-0.05, 0) is 71.3 Å². The van der Waals surface area contributed by atoms with Crippen LogP contribution in [0.25, 0.3) is 11.1 Å². The fourth-order valence-electron chi connectivity index (χ4n) is 6.86. The van der Waals surface area contributed by atoms with Crippen LogP contribution in [0.1, 0.15) is 69.6 Å². The fraction of sp³-hybridized carbons (Fsp3) is 0.390. The van der Waals surface area contributed by atoms with E-state index < -0.39 is 0 Å². The maximum absolute atomic E-state index is 13.4. The van der Waals surface area contributed by atoms with Gasteiger partial charge in [0.15, 0.2) is 0 Å². The van der Waals surface area contributed by atoms with Gasteiger partial charge in [0.2, 0.25) is 0 Å². The first-order valence-electron chi connectivity index (χ1n) is 16.6. The van der Waals surface area contributed by atoms with Crippen molar-refractivity contribution in [1.82, 2.24) is 4.90 Å². The third-order valence-electron chi connectivity index (χ3n) is 9.43.